The maximum Gasteiger partial charge on any atom is 0.226 e. The van der Waals surface area contributed by atoms with E-state index in [2.05, 4.69) is 51.5 Å². The SMILES string of the molecule is CN[C@@H](C)C(=O)C[C@H](C(=O)N1CCC[C@H]1c1ccnc(N2CCc3ccccc32)c1)C1CCCCC1. The van der Waals surface area contributed by atoms with Gasteiger partial charge < -0.3 is 15.1 Å². The lowest BCUT2D eigenvalue weighted by molar-refractivity contribution is -0.141. The van der Waals surface area contributed by atoms with Gasteiger partial charge >= 0.3 is 0 Å². The lowest BCUT2D eigenvalue weighted by Crippen LogP contribution is -2.42. The first-order valence-electron chi connectivity index (χ1n) is 13.9. The number of para-hydroxylation sites is 1. The van der Waals surface area contributed by atoms with Crippen LogP contribution in [0.15, 0.2) is 42.6 Å². The fraction of sp³-hybridized carbons (Fsp3) is 0.567. The summed E-state index contributed by atoms with van der Waals surface area (Å²) in [7, 11) is 1.82. The zero-order chi connectivity index (χ0) is 25.1. The fourth-order valence-electron chi connectivity index (χ4n) is 6.50. The number of hydrogen-bond donors (Lipinski definition) is 1. The Balaban J connectivity index is 1.38. The molecule has 0 bridgehead atoms. The van der Waals surface area contributed by atoms with Gasteiger partial charge in [0.25, 0.3) is 0 Å². The number of nitrogens with zero attached hydrogens (tertiary/aromatic N) is 3. The fourth-order valence-corrected chi connectivity index (χ4v) is 6.50. The van der Waals surface area contributed by atoms with Crippen molar-refractivity contribution in [2.45, 2.75) is 76.8 Å². The number of benzene rings is 1. The predicted octanol–water partition coefficient (Wildman–Crippen LogP) is 5.20. The van der Waals surface area contributed by atoms with Crippen molar-refractivity contribution in [2.24, 2.45) is 11.8 Å². The minimum Gasteiger partial charge on any atom is -0.335 e. The largest absolute Gasteiger partial charge is 0.335 e. The summed E-state index contributed by atoms with van der Waals surface area (Å²) in [5.41, 5.74) is 3.75. The number of ketones is 1. The number of likely N-dealkylation sites (N-methyl/N-ethyl adjacent to an activating group) is 1. The molecule has 0 radical (unpaired) electrons. The monoisotopic (exact) mass is 488 g/mol. The van der Waals surface area contributed by atoms with E-state index in [-0.39, 0.29) is 29.7 Å². The molecule has 0 unspecified atom stereocenters. The van der Waals surface area contributed by atoms with Crippen molar-refractivity contribution < 1.29 is 9.59 Å². The van der Waals surface area contributed by atoms with Gasteiger partial charge in [0.2, 0.25) is 5.91 Å². The molecule has 36 heavy (non-hydrogen) atoms. The average Bonchev–Trinajstić information content (AvgIpc) is 3.59. The molecule has 5 rings (SSSR count). The number of anilines is 2. The smallest absolute Gasteiger partial charge is 0.226 e. The van der Waals surface area contributed by atoms with E-state index >= 15 is 0 Å². The molecule has 6 heteroatoms. The number of carbonyl (C=O) groups excluding carboxylic acids is 2. The maximum absolute atomic E-state index is 14.1. The molecule has 6 nitrogen and oxygen atoms in total. The quantitative estimate of drug-likeness (QED) is 0.553. The molecule has 2 fully saturated rings. The summed E-state index contributed by atoms with van der Waals surface area (Å²) >= 11 is 0. The Morgan fingerprint density at radius 2 is 1.86 bits per heavy atom. The van der Waals surface area contributed by atoms with Gasteiger partial charge in [-0.1, -0.05) is 37.5 Å². The van der Waals surface area contributed by atoms with Crippen LogP contribution in [0.3, 0.4) is 0 Å². The van der Waals surface area contributed by atoms with Crippen molar-refractivity contribution in [3.8, 4) is 0 Å². The van der Waals surface area contributed by atoms with Crippen molar-refractivity contribution in [2.75, 3.05) is 25.0 Å². The summed E-state index contributed by atoms with van der Waals surface area (Å²) in [4.78, 5) is 36.1. The summed E-state index contributed by atoms with van der Waals surface area (Å²) in [6.07, 6.45) is 10.9. The number of fused-ring (bicyclic) bond motifs is 1. The van der Waals surface area contributed by atoms with Crippen LogP contribution in [-0.4, -0.2) is 47.8 Å². The zero-order valence-corrected chi connectivity index (χ0v) is 21.8. The number of pyridine rings is 1. The summed E-state index contributed by atoms with van der Waals surface area (Å²) in [6, 6.07) is 12.6. The lowest BCUT2D eigenvalue weighted by Gasteiger charge is -2.35. The number of nitrogens with one attached hydrogen (secondary N) is 1. The van der Waals surface area contributed by atoms with Gasteiger partial charge in [-0.2, -0.15) is 0 Å². The number of aromatic nitrogens is 1. The maximum atomic E-state index is 14.1. The first-order chi connectivity index (χ1) is 17.6. The predicted molar refractivity (Wildman–Crippen MR) is 143 cm³/mol. The molecule has 3 aliphatic rings. The molecule has 1 N–H and O–H groups in total. The summed E-state index contributed by atoms with van der Waals surface area (Å²) < 4.78 is 0. The third-order valence-corrected chi connectivity index (χ3v) is 8.73. The van der Waals surface area contributed by atoms with E-state index in [9.17, 15) is 9.59 Å². The molecule has 1 saturated carbocycles. The highest BCUT2D eigenvalue weighted by Crippen LogP contribution is 2.40. The van der Waals surface area contributed by atoms with Gasteiger partial charge in [0, 0.05) is 37.3 Å². The molecular formula is C30H40N4O2. The van der Waals surface area contributed by atoms with E-state index in [4.69, 9.17) is 4.98 Å². The van der Waals surface area contributed by atoms with E-state index in [1.54, 1.807) is 0 Å². The minimum absolute atomic E-state index is 0.0556. The van der Waals surface area contributed by atoms with E-state index in [0.29, 0.717) is 12.3 Å². The van der Waals surface area contributed by atoms with E-state index in [1.807, 2.05) is 20.2 Å². The topological polar surface area (TPSA) is 65.5 Å². The van der Waals surface area contributed by atoms with Gasteiger partial charge in [-0.3, -0.25) is 9.59 Å². The van der Waals surface area contributed by atoms with Gasteiger partial charge in [-0.25, -0.2) is 4.98 Å². The van der Waals surface area contributed by atoms with Crippen LogP contribution >= 0.6 is 0 Å². The average molecular weight is 489 g/mol. The number of carbonyl (C=O) groups is 2. The molecule has 0 spiro atoms. The second-order valence-corrected chi connectivity index (χ2v) is 10.9. The second kappa shape index (κ2) is 11.1. The van der Waals surface area contributed by atoms with Crippen LogP contribution in [0.5, 0.6) is 0 Å². The van der Waals surface area contributed by atoms with Crippen LogP contribution < -0.4 is 10.2 Å². The Hall–Kier alpha value is -2.73. The zero-order valence-electron chi connectivity index (χ0n) is 21.8. The van der Waals surface area contributed by atoms with Crippen molar-refractivity contribution in [1.82, 2.24) is 15.2 Å². The highest BCUT2D eigenvalue weighted by molar-refractivity contribution is 5.90. The van der Waals surface area contributed by atoms with Crippen molar-refractivity contribution >= 4 is 23.2 Å². The molecule has 1 aromatic carbocycles. The highest BCUT2D eigenvalue weighted by atomic mass is 16.2. The summed E-state index contributed by atoms with van der Waals surface area (Å²) in [6.45, 7) is 3.60. The molecule has 3 heterocycles. The lowest BCUT2D eigenvalue weighted by atomic mass is 9.76. The van der Waals surface area contributed by atoms with E-state index < -0.39 is 0 Å². The minimum atomic E-state index is -0.218. The van der Waals surface area contributed by atoms with Crippen LogP contribution in [0.25, 0.3) is 0 Å². The Labute approximate surface area is 215 Å². The van der Waals surface area contributed by atoms with E-state index in [0.717, 1.165) is 56.6 Å². The normalized spacial score (nSPS) is 21.9. The molecule has 192 valence electrons. The third kappa shape index (κ3) is 5.06. The van der Waals surface area contributed by atoms with E-state index in [1.165, 1.54) is 30.5 Å². The summed E-state index contributed by atoms with van der Waals surface area (Å²) in [5.74, 6) is 1.40. The van der Waals surface area contributed by atoms with Crippen molar-refractivity contribution in [3.63, 3.8) is 0 Å². The second-order valence-electron chi connectivity index (χ2n) is 10.9. The van der Waals surface area contributed by atoms with Gasteiger partial charge in [-0.05, 0) is 81.3 Å². The third-order valence-electron chi connectivity index (χ3n) is 8.73. The van der Waals surface area contributed by atoms with Gasteiger partial charge in [0.15, 0.2) is 0 Å². The number of amides is 1. The number of hydrogen-bond acceptors (Lipinski definition) is 5. The van der Waals surface area contributed by atoms with Crippen molar-refractivity contribution in [3.05, 3.63) is 53.7 Å². The van der Waals surface area contributed by atoms with Crippen LogP contribution in [0.1, 0.15) is 75.5 Å². The van der Waals surface area contributed by atoms with Gasteiger partial charge in [0.1, 0.15) is 11.6 Å². The summed E-state index contributed by atoms with van der Waals surface area (Å²) in [5, 5.41) is 3.07. The molecule has 2 aliphatic heterocycles. The molecule has 3 atom stereocenters. The Morgan fingerprint density at radius 3 is 2.67 bits per heavy atom. The molecule has 1 aromatic heterocycles. The number of likely N-dealkylation sites (tertiary alicyclic amines) is 1. The van der Waals surface area contributed by atoms with Crippen LogP contribution in [0.2, 0.25) is 0 Å². The molecule has 1 aliphatic carbocycles. The molecule has 1 saturated heterocycles. The first-order valence-corrected chi connectivity index (χ1v) is 13.9. The van der Waals surface area contributed by atoms with Crippen LogP contribution in [0.4, 0.5) is 11.5 Å². The van der Waals surface area contributed by atoms with Gasteiger partial charge in [-0.15, -0.1) is 0 Å². The van der Waals surface area contributed by atoms with Gasteiger partial charge in [0.05, 0.1) is 12.1 Å². The Kier molecular flexibility index (Phi) is 7.70. The highest BCUT2D eigenvalue weighted by Gasteiger charge is 2.39. The van der Waals surface area contributed by atoms with Crippen LogP contribution in [-0.2, 0) is 16.0 Å². The van der Waals surface area contributed by atoms with Crippen LogP contribution in [0, 0.1) is 11.8 Å². The molecular weight excluding hydrogens is 448 g/mol. The number of rotatable bonds is 8. The molecule has 2 aromatic rings. The Bertz CT molecular complexity index is 1080. The first kappa shape index (κ1) is 24.9. The van der Waals surface area contributed by atoms with Crippen molar-refractivity contribution in [1.29, 1.82) is 0 Å². The molecule has 1 amide bonds. The standard InChI is InChI=1S/C30H40N4O2/c1-21(31-2)28(35)20-25(22-9-4-3-5-10-22)30(36)34-17-8-13-27(34)24-14-16-32-29(19-24)33-18-15-23-11-6-7-12-26(23)33/h6-7,11-12,14,16,19,21-22,25,27,31H,3-5,8-10,13,15,17-18,20H2,1-2H3/t21-,25-,27-/m0/s1. The Morgan fingerprint density at radius 1 is 1.06 bits per heavy atom. The number of Topliss-reactive ketones (excluding diaryl/α,β-unsaturated/α-hetero) is 1.